The molecule has 0 aliphatic carbocycles. The molecule has 8 heteroatoms. The van der Waals surface area contributed by atoms with E-state index in [4.69, 9.17) is 9.59 Å². The molecule has 0 aromatic rings. The van der Waals surface area contributed by atoms with E-state index in [1.54, 1.807) is 0 Å². The number of hydrogen-bond donors (Lipinski definition) is 0. The van der Waals surface area contributed by atoms with Gasteiger partial charge in [0.05, 0.1) is 7.11 Å². The largest absolute Gasteiger partial charge is 1.00 e. The number of ether oxygens (including phenoxy) is 2. The summed E-state index contributed by atoms with van der Waals surface area (Å²) in [6.07, 6.45) is 0. The molecule has 0 aromatic carbocycles. The number of carbonyl (C=O) groups excluding carboxylic acids is 3. The van der Waals surface area contributed by atoms with Crippen LogP contribution in [0, 0.1) is 0 Å². The van der Waals surface area contributed by atoms with Gasteiger partial charge in [0.2, 0.25) is 0 Å². The van der Waals surface area contributed by atoms with Crippen LogP contribution in [0.15, 0.2) is 0 Å². The summed E-state index contributed by atoms with van der Waals surface area (Å²) < 4.78 is 7.10. The first-order valence-corrected chi connectivity index (χ1v) is 2.20. The molecule has 0 N–H and O–H groups in total. The minimum absolute atomic E-state index is 0. The van der Waals surface area contributed by atoms with Gasteiger partial charge >= 0.3 is 122 Å². The Morgan fingerprint density at radius 2 is 1.50 bits per heavy atom. The molecular formula is C4H3ClO5Rb2. The molecule has 0 fully saturated rings. The predicted molar refractivity (Wildman–Crippen MR) is 30.7 cm³/mol. The Hall–Kier alpha value is 2.51. The van der Waals surface area contributed by atoms with E-state index in [0.29, 0.717) is 0 Å². The van der Waals surface area contributed by atoms with Gasteiger partial charge < -0.3 is 19.1 Å². The summed E-state index contributed by atoms with van der Waals surface area (Å²) in [5, 5.41) is 0. The Morgan fingerprint density at radius 1 is 1.25 bits per heavy atom. The minimum Gasteiger partial charge on any atom is -0.783 e. The number of carbonyl (C=O) groups is 1. The van der Waals surface area contributed by atoms with Gasteiger partial charge in [-0.05, 0) is 0 Å². The van der Waals surface area contributed by atoms with Crippen LogP contribution < -0.4 is 116 Å². The number of halogens is 1. The minimum atomic E-state index is -0.773. The van der Waals surface area contributed by atoms with Crippen molar-refractivity contribution < 1.29 is 140 Å². The zero-order chi connectivity index (χ0) is 8.41. The van der Waals surface area contributed by atoms with Crippen molar-refractivity contribution in [2.75, 3.05) is 7.11 Å². The van der Waals surface area contributed by atoms with Crippen LogP contribution in [0.2, 0.25) is 0 Å². The van der Waals surface area contributed by atoms with E-state index in [9.17, 15) is 4.79 Å². The average molecular weight is 337 g/mol. The fourth-order valence-electron chi connectivity index (χ4n) is 0.0170. The Kier molecular flexibility index (Phi) is 46.7. The molecule has 12 heavy (non-hydrogen) atoms. The topological polar surface area (TPSA) is 69.7 Å². The Labute approximate surface area is 172 Å². The summed E-state index contributed by atoms with van der Waals surface area (Å²) in [7, 11) is 1.22. The van der Waals surface area contributed by atoms with Gasteiger partial charge in [0.25, 0.3) is 0 Å². The third kappa shape index (κ3) is 39.1. The van der Waals surface area contributed by atoms with Crippen LogP contribution >= 0.6 is 11.6 Å². The number of hydrogen-bond acceptors (Lipinski definition) is 5. The first-order valence-electron chi connectivity index (χ1n) is 1.82. The van der Waals surface area contributed by atoms with Gasteiger partial charge in [-0.25, -0.2) is 4.79 Å². The maximum atomic E-state index is 9.36. The fourth-order valence-corrected chi connectivity index (χ4v) is 0.0170. The molecule has 0 aromatic heterocycles. The van der Waals surface area contributed by atoms with Gasteiger partial charge in [0.1, 0.15) is 0 Å². The average Bonchev–Trinajstić information content (AvgIpc) is 1.91. The van der Waals surface area contributed by atoms with Crippen molar-refractivity contribution in [1.29, 1.82) is 0 Å². The number of methoxy groups -OCH3 is 1. The summed E-state index contributed by atoms with van der Waals surface area (Å²) in [6.45, 7) is 1.69. The van der Waals surface area contributed by atoms with Gasteiger partial charge in [-0.3, -0.25) is 0 Å². The SMILES string of the molecule is COC(=O)Cl.O=[C-]O[C-]=O.[Rb+].[Rb+]. The molecule has 0 saturated carbocycles. The molecule has 0 aliphatic rings. The summed E-state index contributed by atoms with van der Waals surface area (Å²) in [5.74, 6) is 0. The maximum absolute atomic E-state index is 9.36. The second-order valence-corrected chi connectivity index (χ2v) is 1.02. The van der Waals surface area contributed by atoms with Gasteiger partial charge in [0, 0.05) is 11.6 Å². The van der Waals surface area contributed by atoms with Crippen LogP contribution in [0.25, 0.3) is 0 Å². The standard InChI is InChI=1S/C2H3ClO2.C2O3.2Rb/c1-5-2(3)4;3-1-5-2-4;;/h1H3;;;/q;-2;2*+1. The van der Waals surface area contributed by atoms with Gasteiger partial charge in [-0.1, -0.05) is 0 Å². The van der Waals surface area contributed by atoms with Crippen molar-refractivity contribution in [3.63, 3.8) is 0 Å². The first kappa shape index (κ1) is 24.0. The van der Waals surface area contributed by atoms with Crippen molar-refractivity contribution >= 4 is 30.0 Å². The monoisotopic (exact) mass is 336 g/mol. The maximum Gasteiger partial charge on any atom is 1.00 e. The van der Waals surface area contributed by atoms with Crippen LogP contribution in [0.1, 0.15) is 0 Å². The van der Waals surface area contributed by atoms with E-state index in [-0.39, 0.29) is 116 Å². The summed E-state index contributed by atoms with van der Waals surface area (Å²) in [6, 6.07) is 0. The van der Waals surface area contributed by atoms with Gasteiger partial charge in [-0.2, -0.15) is 0 Å². The third-order valence-electron chi connectivity index (χ3n) is 0.244. The smallest absolute Gasteiger partial charge is 0.783 e. The van der Waals surface area contributed by atoms with Gasteiger partial charge in [0.15, 0.2) is 0 Å². The van der Waals surface area contributed by atoms with Crippen LogP contribution in [0.3, 0.4) is 0 Å². The van der Waals surface area contributed by atoms with Crippen LogP contribution in [-0.2, 0) is 19.1 Å². The summed E-state index contributed by atoms with van der Waals surface area (Å²) >= 11 is 4.60. The van der Waals surface area contributed by atoms with E-state index in [1.165, 1.54) is 7.11 Å². The van der Waals surface area contributed by atoms with E-state index >= 15 is 0 Å². The van der Waals surface area contributed by atoms with Crippen molar-refractivity contribution in [3.8, 4) is 0 Å². The molecule has 58 valence electrons. The molecule has 0 amide bonds. The molecule has 0 spiro atoms. The molecule has 0 aliphatic heterocycles. The molecule has 0 atom stereocenters. The molecular weight excluding hydrogens is 334 g/mol. The predicted octanol–water partition coefficient (Wildman–Crippen LogP) is -5.86. The third-order valence-corrected chi connectivity index (χ3v) is 0.398. The van der Waals surface area contributed by atoms with E-state index < -0.39 is 5.43 Å². The van der Waals surface area contributed by atoms with E-state index in [2.05, 4.69) is 21.1 Å². The normalized spacial score (nSPS) is 5.17. The molecule has 5 nitrogen and oxygen atoms in total. The van der Waals surface area contributed by atoms with Crippen LogP contribution in [-0.4, -0.2) is 25.5 Å². The Bertz CT molecular complexity index is 114. The van der Waals surface area contributed by atoms with E-state index in [0.717, 1.165) is 12.9 Å². The molecule has 0 heterocycles. The molecule has 0 radical (unpaired) electrons. The zero-order valence-corrected chi connectivity index (χ0v) is 17.5. The number of rotatable bonds is 2. The summed E-state index contributed by atoms with van der Waals surface area (Å²) in [4.78, 5) is 26.9. The van der Waals surface area contributed by atoms with Crippen LogP contribution in [0.4, 0.5) is 4.79 Å². The van der Waals surface area contributed by atoms with E-state index in [1.807, 2.05) is 0 Å². The van der Waals surface area contributed by atoms with Crippen LogP contribution in [0.5, 0.6) is 0 Å². The first-order chi connectivity index (χ1) is 4.68. The zero-order valence-electron chi connectivity index (χ0n) is 6.92. The van der Waals surface area contributed by atoms with Crippen molar-refractivity contribution in [3.05, 3.63) is 0 Å². The van der Waals surface area contributed by atoms with Crippen molar-refractivity contribution in [2.24, 2.45) is 0 Å². The molecule has 0 rings (SSSR count). The Balaban J connectivity index is -0.0000000457. The van der Waals surface area contributed by atoms with Crippen molar-refractivity contribution in [2.45, 2.75) is 0 Å². The second-order valence-electron chi connectivity index (χ2n) is 0.710. The molecule has 0 bridgehead atoms. The fraction of sp³-hybridized carbons (Fsp3) is 0.250. The quantitative estimate of drug-likeness (QED) is 0.285. The van der Waals surface area contributed by atoms with Crippen molar-refractivity contribution in [1.82, 2.24) is 0 Å². The molecule has 0 saturated heterocycles. The van der Waals surface area contributed by atoms with Gasteiger partial charge in [-0.15, -0.1) is 12.9 Å². The Morgan fingerprint density at radius 3 is 1.50 bits per heavy atom. The summed E-state index contributed by atoms with van der Waals surface area (Å²) in [5.41, 5.74) is -0.773. The molecule has 0 unspecified atom stereocenters. The second kappa shape index (κ2) is 23.4.